The highest BCUT2D eigenvalue weighted by molar-refractivity contribution is 5.65. The molecule has 1 heterocycles. The van der Waals surface area contributed by atoms with Gasteiger partial charge in [0.25, 0.3) is 0 Å². The maximum atomic E-state index is 11.9. The number of tetrazole rings is 1. The molecular weight excluding hydrogens is 352 g/mol. The molecule has 0 bridgehead atoms. The van der Waals surface area contributed by atoms with Crippen LogP contribution >= 0.6 is 0 Å². The van der Waals surface area contributed by atoms with Crippen molar-refractivity contribution in [3.63, 3.8) is 0 Å². The molecule has 0 saturated heterocycles. The summed E-state index contributed by atoms with van der Waals surface area (Å²) in [6, 6.07) is 22.1. The van der Waals surface area contributed by atoms with E-state index in [0.29, 0.717) is 12.3 Å². The molecule has 0 spiro atoms. The molecule has 0 unspecified atom stereocenters. The summed E-state index contributed by atoms with van der Waals surface area (Å²) in [5.74, 6) is 0.764. The summed E-state index contributed by atoms with van der Waals surface area (Å²) in [6.45, 7) is 4.37. The van der Waals surface area contributed by atoms with Crippen molar-refractivity contribution in [3.8, 4) is 22.6 Å². The first-order chi connectivity index (χ1) is 13.6. The molecule has 3 aromatic carbocycles. The van der Waals surface area contributed by atoms with Crippen molar-refractivity contribution < 1.29 is 4.74 Å². The van der Waals surface area contributed by atoms with Crippen LogP contribution in [0.3, 0.4) is 0 Å². The largest absolute Gasteiger partial charge is 0.489 e. The molecule has 1 aromatic heterocycles. The summed E-state index contributed by atoms with van der Waals surface area (Å²) in [5, 5.41) is 9.74. The first-order valence-electron chi connectivity index (χ1n) is 9.01. The van der Waals surface area contributed by atoms with Crippen LogP contribution in [0, 0.1) is 13.8 Å². The Hall–Kier alpha value is -3.67. The van der Waals surface area contributed by atoms with Crippen LogP contribution < -0.4 is 10.4 Å². The second kappa shape index (κ2) is 7.52. The number of H-pyrrole nitrogens is 1. The molecular formula is C22H20N4O2. The third kappa shape index (κ3) is 3.57. The molecule has 6 nitrogen and oxygen atoms in total. The number of hydrogen-bond donors (Lipinski definition) is 1. The summed E-state index contributed by atoms with van der Waals surface area (Å²) in [7, 11) is 0. The second-order valence-electron chi connectivity index (χ2n) is 6.67. The van der Waals surface area contributed by atoms with E-state index in [0.717, 1.165) is 28.0 Å². The molecule has 28 heavy (non-hydrogen) atoms. The van der Waals surface area contributed by atoms with Crippen LogP contribution in [0.5, 0.6) is 5.75 Å². The Kier molecular flexibility index (Phi) is 4.76. The monoisotopic (exact) mass is 372 g/mol. The normalized spacial score (nSPS) is 10.8. The number of nitrogens with zero attached hydrogens (tertiary/aromatic N) is 3. The van der Waals surface area contributed by atoms with Gasteiger partial charge in [-0.15, -0.1) is 0 Å². The number of aromatic nitrogens is 4. The minimum Gasteiger partial charge on any atom is -0.489 e. The van der Waals surface area contributed by atoms with E-state index < -0.39 is 0 Å². The zero-order chi connectivity index (χ0) is 19.5. The highest BCUT2D eigenvalue weighted by atomic mass is 16.5. The molecule has 1 N–H and O–H groups in total. The van der Waals surface area contributed by atoms with Gasteiger partial charge in [0.1, 0.15) is 12.4 Å². The van der Waals surface area contributed by atoms with Crippen molar-refractivity contribution >= 4 is 0 Å². The van der Waals surface area contributed by atoms with Crippen molar-refractivity contribution in [1.29, 1.82) is 0 Å². The van der Waals surface area contributed by atoms with Gasteiger partial charge in [0, 0.05) is 5.56 Å². The third-order valence-corrected chi connectivity index (χ3v) is 4.69. The number of benzene rings is 3. The molecule has 6 heteroatoms. The number of hydrogen-bond acceptors (Lipinski definition) is 4. The molecule has 0 saturated carbocycles. The number of nitrogens with one attached hydrogen (secondary N) is 1. The van der Waals surface area contributed by atoms with Crippen molar-refractivity contribution in [2.75, 3.05) is 0 Å². The SMILES string of the molecule is Cc1ccc(-c2cccc(OCc3c(C)cccc3-n3nn[nH]c3=O)c2)cc1. The lowest BCUT2D eigenvalue weighted by Crippen LogP contribution is -2.18. The number of rotatable bonds is 5. The number of ether oxygens (including phenoxy) is 1. The van der Waals surface area contributed by atoms with Crippen LogP contribution in [-0.2, 0) is 6.61 Å². The molecule has 0 aliphatic carbocycles. The average molecular weight is 372 g/mol. The fourth-order valence-corrected chi connectivity index (χ4v) is 3.10. The van der Waals surface area contributed by atoms with E-state index in [1.54, 1.807) is 0 Å². The Balaban J connectivity index is 1.61. The Bertz CT molecular complexity index is 1160. The number of aromatic amines is 1. The molecule has 0 aliphatic rings. The molecule has 0 amide bonds. The lowest BCUT2D eigenvalue weighted by molar-refractivity contribution is 0.305. The molecule has 0 aliphatic heterocycles. The summed E-state index contributed by atoms with van der Waals surface area (Å²) in [4.78, 5) is 11.9. The first-order valence-corrected chi connectivity index (χ1v) is 9.01. The fourth-order valence-electron chi connectivity index (χ4n) is 3.10. The maximum Gasteiger partial charge on any atom is 0.365 e. The zero-order valence-electron chi connectivity index (χ0n) is 15.7. The zero-order valence-corrected chi connectivity index (χ0v) is 15.7. The van der Waals surface area contributed by atoms with Gasteiger partial charge in [0.05, 0.1) is 5.69 Å². The summed E-state index contributed by atoms with van der Waals surface area (Å²) in [5.41, 5.74) is 5.64. The van der Waals surface area contributed by atoms with Gasteiger partial charge in [-0.25, -0.2) is 9.89 Å². The van der Waals surface area contributed by atoms with Gasteiger partial charge in [0.2, 0.25) is 0 Å². The summed E-state index contributed by atoms with van der Waals surface area (Å²) >= 11 is 0. The molecule has 140 valence electrons. The minimum atomic E-state index is -0.381. The quantitative estimate of drug-likeness (QED) is 0.578. The van der Waals surface area contributed by atoms with Crippen LogP contribution in [0.2, 0.25) is 0 Å². The van der Waals surface area contributed by atoms with E-state index in [4.69, 9.17) is 4.74 Å². The molecule has 4 rings (SSSR count). The summed E-state index contributed by atoms with van der Waals surface area (Å²) < 4.78 is 7.31. The predicted molar refractivity (Wildman–Crippen MR) is 108 cm³/mol. The molecule has 0 radical (unpaired) electrons. The lowest BCUT2D eigenvalue weighted by Gasteiger charge is -2.13. The van der Waals surface area contributed by atoms with Crippen LogP contribution in [0.15, 0.2) is 71.5 Å². The van der Waals surface area contributed by atoms with Crippen LogP contribution in [-0.4, -0.2) is 20.2 Å². The van der Waals surface area contributed by atoms with Gasteiger partial charge in [0.15, 0.2) is 0 Å². The molecule has 4 aromatic rings. The second-order valence-corrected chi connectivity index (χ2v) is 6.67. The minimum absolute atomic E-state index is 0.318. The maximum absolute atomic E-state index is 11.9. The van der Waals surface area contributed by atoms with Gasteiger partial charge in [-0.3, -0.25) is 0 Å². The topological polar surface area (TPSA) is 72.8 Å². The van der Waals surface area contributed by atoms with E-state index in [2.05, 4.69) is 52.8 Å². The standard InChI is InChI=1S/C22H20N4O2/c1-15-9-11-17(12-10-15)18-6-4-7-19(13-18)28-14-20-16(2)5-3-8-21(20)26-22(27)23-24-25-26/h3-13H,14H2,1-2H3,(H,23,25,27). The van der Waals surface area contributed by atoms with E-state index in [1.807, 2.05) is 43.3 Å². The highest BCUT2D eigenvalue weighted by Gasteiger charge is 2.12. The van der Waals surface area contributed by atoms with Crippen molar-refractivity contribution in [2.45, 2.75) is 20.5 Å². The Morgan fingerprint density at radius 2 is 1.75 bits per heavy atom. The molecule has 0 fully saturated rings. The van der Waals surface area contributed by atoms with Gasteiger partial charge < -0.3 is 4.74 Å². The fraction of sp³-hybridized carbons (Fsp3) is 0.136. The van der Waals surface area contributed by atoms with Gasteiger partial charge in [-0.2, -0.15) is 4.68 Å². The smallest absolute Gasteiger partial charge is 0.365 e. The van der Waals surface area contributed by atoms with Crippen molar-refractivity contribution in [1.82, 2.24) is 20.2 Å². The lowest BCUT2D eigenvalue weighted by atomic mass is 10.0. The third-order valence-electron chi connectivity index (χ3n) is 4.69. The van der Waals surface area contributed by atoms with Gasteiger partial charge >= 0.3 is 5.69 Å². The van der Waals surface area contributed by atoms with Crippen LogP contribution in [0.1, 0.15) is 16.7 Å². The Morgan fingerprint density at radius 1 is 0.964 bits per heavy atom. The van der Waals surface area contributed by atoms with E-state index >= 15 is 0 Å². The Morgan fingerprint density at radius 3 is 2.50 bits per heavy atom. The first kappa shape index (κ1) is 17.7. The van der Waals surface area contributed by atoms with E-state index in [1.165, 1.54) is 10.2 Å². The van der Waals surface area contributed by atoms with E-state index in [-0.39, 0.29) is 5.69 Å². The van der Waals surface area contributed by atoms with Crippen molar-refractivity contribution in [2.24, 2.45) is 0 Å². The molecule has 0 atom stereocenters. The number of aryl methyl sites for hydroxylation is 2. The Labute approximate surface area is 162 Å². The van der Waals surface area contributed by atoms with Crippen molar-refractivity contribution in [3.05, 3.63) is 93.9 Å². The summed E-state index contributed by atoms with van der Waals surface area (Å²) in [6.07, 6.45) is 0. The average Bonchev–Trinajstić information content (AvgIpc) is 3.13. The van der Waals surface area contributed by atoms with Gasteiger partial charge in [-0.1, -0.05) is 54.1 Å². The van der Waals surface area contributed by atoms with Crippen LogP contribution in [0.4, 0.5) is 0 Å². The highest BCUT2D eigenvalue weighted by Crippen LogP contribution is 2.26. The van der Waals surface area contributed by atoms with Crippen LogP contribution in [0.25, 0.3) is 16.8 Å². The van der Waals surface area contributed by atoms with E-state index in [9.17, 15) is 4.79 Å². The van der Waals surface area contributed by atoms with Gasteiger partial charge in [-0.05, 0) is 59.2 Å². The predicted octanol–water partition coefficient (Wildman–Crippen LogP) is 3.82.